The minimum atomic E-state index is -0.780. The molecule has 2 rings (SSSR count). The van der Waals surface area contributed by atoms with Crippen molar-refractivity contribution in [3.63, 3.8) is 0 Å². The maximum absolute atomic E-state index is 11.1. The molecular weight excluding hydrogens is 178 g/mol. The van der Waals surface area contributed by atoms with Crippen molar-refractivity contribution in [1.29, 1.82) is 5.26 Å². The quantitative estimate of drug-likeness (QED) is 0.698. The second-order valence-electron chi connectivity index (χ2n) is 2.90. The van der Waals surface area contributed by atoms with Gasteiger partial charge in [0.15, 0.2) is 5.92 Å². The highest BCUT2D eigenvalue weighted by Gasteiger charge is 2.30. The van der Waals surface area contributed by atoms with Crippen molar-refractivity contribution in [1.82, 2.24) is 5.43 Å². The zero-order valence-corrected chi connectivity index (χ0v) is 7.27. The number of hydrazone groups is 1. The van der Waals surface area contributed by atoms with Gasteiger partial charge in [0, 0.05) is 0 Å². The number of carbonyl (C=O) groups is 1. The number of carbonyl (C=O) groups excluding carboxylic acids is 1. The second kappa shape index (κ2) is 3.30. The summed E-state index contributed by atoms with van der Waals surface area (Å²) in [5, 5.41) is 12.6. The van der Waals surface area contributed by atoms with Crippen LogP contribution in [0.4, 0.5) is 0 Å². The van der Waals surface area contributed by atoms with Crippen LogP contribution in [0.1, 0.15) is 5.56 Å². The van der Waals surface area contributed by atoms with Crippen LogP contribution in [-0.4, -0.2) is 11.6 Å². The SMILES string of the molecule is N#CC1C(=O)NN=C1c1ccccc1. The van der Waals surface area contributed by atoms with Crippen LogP contribution in [0.5, 0.6) is 0 Å². The van der Waals surface area contributed by atoms with E-state index in [1.807, 2.05) is 36.4 Å². The molecule has 0 saturated carbocycles. The summed E-state index contributed by atoms with van der Waals surface area (Å²) in [7, 11) is 0. The zero-order chi connectivity index (χ0) is 9.97. The lowest BCUT2D eigenvalue weighted by Crippen LogP contribution is -2.21. The molecule has 1 atom stereocenters. The van der Waals surface area contributed by atoms with E-state index in [4.69, 9.17) is 5.26 Å². The molecule has 68 valence electrons. The molecule has 14 heavy (non-hydrogen) atoms. The van der Waals surface area contributed by atoms with E-state index in [1.165, 1.54) is 0 Å². The van der Waals surface area contributed by atoms with Crippen molar-refractivity contribution in [3.8, 4) is 6.07 Å². The van der Waals surface area contributed by atoms with E-state index in [9.17, 15) is 4.79 Å². The second-order valence-corrected chi connectivity index (χ2v) is 2.90. The Morgan fingerprint density at radius 2 is 2.07 bits per heavy atom. The molecule has 1 N–H and O–H groups in total. The molecule has 0 aliphatic carbocycles. The van der Waals surface area contributed by atoms with Gasteiger partial charge in [-0.1, -0.05) is 30.3 Å². The molecule has 1 heterocycles. The van der Waals surface area contributed by atoms with Gasteiger partial charge in [-0.2, -0.15) is 10.4 Å². The monoisotopic (exact) mass is 185 g/mol. The third kappa shape index (κ3) is 1.25. The number of benzene rings is 1. The van der Waals surface area contributed by atoms with E-state index in [2.05, 4.69) is 10.5 Å². The third-order valence-electron chi connectivity index (χ3n) is 2.02. The minimum Gasteiger partial charge on any atom is -0.271 e. The lowest BCUT2D eigenvalue weighted by Gasteiger charge is -2.00. The Kier molecular flexibility index (Phi) is 1.99. The van der Waals surface area contributed by atoms with E-state index < -0.39 is 5.92 Å². The van der Waals surface area contributed by atoms with Crippen molar-refractivity contribution in [2.45, 2.75) is 0 Å². The molecule has 0 fully saturated rings. The number of hydrogen-bond acceptors (Lipinski definition) is 3. The summed E-state index contributed by atoms with van der Waals surface area (Å²) in [6, 6.07) is 11.1. The lowest BCUT2D eigenvalue weighted by molar-refractivity contribution is -0.120. The van der Waals surface area contributed by atoms with E-state index >= 15 is 0 Å². The molecule has 0 spiro atoms. The molecular formula is C10H7N3O. The highest BCUT2D eigenvalue weighted by molar-refractivity contribution is 6.17. The molecule has 1 unspecified atom stereocenters. The average Bonchev–Trinajstić information content (AvgIpc) is 2.61. The summed E-state index contributed by atoms with van der Waals surface area (Å²) in [5.41, 5.74) is 3.60. The number of hydrogen-bond donors (Lipinski definition) is 1. The average molecular weight is 185 g/mol. The van der Waals surface area contributed by atoms with E-state index in [0.29, 0.717) is 5.71 Å². The summed E-state index contributed by atoms with van der Waals surface area (Å²) >= 11 is 0. The van der Waals surface area contributed by atoms with Gasteiger partial charge < -0.3 is 0 Å². The topological polar surface area (TPSA) is 65.2 Å². The Balaban J connectivity index is 2.38. The summed E-state index contributed by atoms with van der Waals surface area (Å²) in [6.07, 6.45) is 0. The Hall–Kier alpha value is -2.15. The smallest absolute Gasteiger partial charge is 0.263 e. The summed E-state index contributed by atoms with van der Waals surface area (Å²) < 4.78 is 0. The molecule has 0 aromatic heterocycles. The van der Waals surface area contributed by atoms with Gasteiger partial charge in [-0.05, 0) is 5.56 Å². The van der Waals surface area contributed by atoms with Crippen LogP contribution >= 0.6 is 0 Å². The van der Waals surface area contributed by atoms with Crippen molar-refractivity contribution in [2.24, 2.45) is 11.0 Å². The molecule has 1 amide bonds. The van der Waals surface area contributed by atoms with Crippen molar-refractivity contribution in [2.75, 3.05) is 0 Å². The predicted octanol–water partition coefficient (Wildman–Crippen LogP) is 0.660. The van der Waals surface area contributed by atoms with Gasteiger partial charge in [-0.25, -0.2) is 5.43 Å². The lowest BCUT2D eigenvalue weighted by atomic mass is 9.99. The van der Waals surface area contributed by atoms with E-state index in [-0.39, 0.29) is 5.91 Å². The van der Waals surface area contributed by atoms with Crippen LogP contribution in [-0.2, 0) is 4.79 Å². The van der Waals surface area contributed by atoms with E-state index in [0.717, 1.165) is 5.56 Å². The van der Waals surface area contributed by atoms with Crippen molar-refractivity contribution in [3.05, 3.63) is 35.9 Å². The molecule has 1 aromatic rings. The van der Waals surface area contributed by atoms with Gasteiger partial charge in [0.1, 0.15) is 0 Å². The zero-order valence-electron chi connectivity index (χ0n) is 7.27. The number of nitrogens with one attached hydrogen (secondary N) is 1. The maximum atomic E-state index is 11.1. The Morgan fingerprint density at radius 3 is 2.71 bits per heavy atom. The van der Waals surface area contributed by atoms with Crippen LogP contribution in [0, 0.1) is 17.2 Å². The normalized spacial score (nSPS) is 19.8. The number of amides is 1. The maximum Gasteiger partial charge on any atom is 0.263 e. The van der Waals surface area contributed by atoms with Crippen LogP contribution < -0.4 is 5.43 Å². The van der Waals surface area contributed by atoms with Crippen LogP contribution in [0.25, 0.3) is 0 Å². The summed E-state index contributed by atoms with van der Waals surface area (Å²) in [5.74, 6) is -1.14. The molecule has 0 radical (unpaired) electrons. The third-order valence-corrected chi connectivity index (χ3v) is 2.02. The van der Waals surface area contributed by atoms with Crippen molar-refractivity contribution < 1.29 is 4.79 Å². The standard InChI is InChI=1S/C10H7N3O/c11-6-8-9(12-13-10(8)14)7-4-2-1-3-5-7/h1-5,8H,(H,13,14). The highest BCUT2D eigenvalue weighted by Crippen LogP contribution is 2.13. The van der Waals surface area contributed by atoms with Gasteiger partial charge in [0.25, 0.3) is 5.91 Å². The first kappa shape index (κ1) is 8.45. The predicted molar refractivity (Wildman–Crippen MR) is 50.2 cm³/mol. The Labute approximate surface area is 80.9 Å². The number of rotatable bonds is 1. The van der Waals surface area contributed by atoms with Gasteiger partial charge in [0.2, 0.25) is 0 Å². The van der Waals surface area contributed by atoms with Gasteiger partial charge in [-0.3, -0.25) is 4.79 Å². The molecule has 1 aromatic carbocycles. The largest absolute Gasteiger partial charge is 0.271 e. The fourth-order valence-electron chi connectivity index (χ4n) is 1.33. The Bertz CT molecular complexity index is 430. The van der Waals surface area contributed by atoms with Crippen LogP contribution in [0.15, 0.2) is 35.4 Å². The fourth-order valence-corrected chi connectivity index (χ4v) is 1.33. The van der Waals surface area contributed by atoms with Crippen molar-refractivity contribution >= 4 is 11.6 Å². The van der Waals surface area contributed by atoms with Gasteiger partial charge >= 0.3 is 0 Å². The summed E-state index contributed by atoms with van der Waals surface area (Å²) in [4.78, 5) is 11.1. The molecule has 1 aliphatic heterocycles. The van der Waals surface area contributed by atoms with Crippen LogP contribution in [0.3, 0.4) is 0 Å². The molecule has 0 saturated heterocycles. The molecule has 4 nitrogen and oxygen atoms in total. The van der Waals surface area contributed by atoms with Crippen LogP contribution in [0.2, 0.25) is 0 Å². The minimum absolute atomic E-state index is 0.355. The summed E-state index contributed by atoms with van der Waals surface area (Å²) in [6.45, 7) is 0. The van der Waals surface area contributed by atoms with Gasteiger partial charge in [0.05, 0.1) is 11.8 Å². The first-order chi connectivity index (χ1) is 6.83. The fraction of sp³-hybridized carbons (Fsp3) is 0.100. The Morgan fingerprint density at radius 1 is 1.36 bits per heavy atom. The molecule has 4 heteroatoms. The number of nitriles is 1. The first-order valence-electron chi connectivity index (χ1n) is 4.15. The highest BCUT2D eigenvalue weighted by atomic mass is 16.2. The molecule has 1 aliphatic rings. The van der Waals surface area contributed by atoms with E-state index in [1.54, 1.807) is 0 Å². The number of nitrogens with zero attached hydrogens (tertiary/aromatic N) is 2. The molecule has 0 bridgehead atoms. The first-order valence-corrected chi connectivity index (χ1v) is 4.15. The van der Waals surface area contributed by atoms with Gasteiger partial charge in [-0.15, -0.1) is 0 Å².